The Morgan fingerprint density at radius 2 is 1.91 bits per heavy atom. The van der Waals surface area contributed by atoms with E-state index in [-0.39, 0.29) is 13.2 Å². The summed E-state index contributed by atoms with van der Waals surface area (Å²) in [5.41, 5.74) is 2.76. The topological polar surface area (TPSA) is 101 Å². The van der Waals surface area contributed by atoms with Gasteiger partial charge in [-0.05, 0) is 56.3 Å². The lowest BCUT2D eigenvalue weighted by Crippen LogP contribution is -2.21. The monoisotopic (exact) mass is 461 g/mol. The molecule has 0 amide bonds. The number of rotatable bonds is 11. The van der Waals surface area contributed by atoms with Crippen molar-refractivity contribution in [1.29, 1.82) is 0 Å². The predicted octanol–water partition coefficient (Wildman–Crippen LogP) is 3.66. The molecule has 32 heavy (non-hydrogen) atoms. The second kappa shape index (κ2) is 10.9. The zero-order valence-corrected chi connectivity index (χ0v) is 20.0. The molecule has 3 rings (SSSR count). The normalized spacial score (nSPS) is 12.4. The highest BCUT2D eigenvalue weighted by molar-refractivity contribution is 7.15. The third-order valence-corrected chi connectivity index (χ3v) is 6.48. The molecule has 2 heterocycles. The van der Waals surface area contributed by atoms with E-state index in [2.05, 4.69) is 41.9 Å². The van der Waals surface area contributed by atoms with Gasteiger partial charge in [-0.2, -0.15) is 4.98 Å². The van der Waals surface area contributed by atoms with E-state index in [9.17, 15) is 5.11 Å². The maximum absolute atomic E-state index is 9.56. The van der Waals surface area contributed by atoms with Crippen LogP contribution in [0.25, 0.3) is 22.2 Å². The van der Waals surface area contributed by atoms with Gasteiger partial charge in [-0.15, -0.1) is 11.3 Å². The summed E-state index contributed by atoms with van der Waals surface area (Å²) < 4.78 is 16.7. The number of aliphatic hydroxyl groups is 2. The molecule has 0 spiro atoms. The van der Waals surface area contributed by atoms with Gasteiger partial charge < -0.3 is 24.2 Å². The van der Waals surface area contributed by atoms with Crippen LogP contribution in [0.4, 0.5) is 0 Å². The fourth-order valence-electron chi connectivity index (χ4n) is 3.31. The Labute approximate surface area is 192 Å². The second-order valence-electron chi connectivity index (χ2n) is 7.57. The van der Waals surface area contributed by atoms with Gasteiger partial charge in [0.1, 0.15) is 12.7 Å². The number of aryl methyl sites for hydroxylation is 2. The smallest absolute Gasteiger partial charge is 0.268 e. The van der Waals surface area contributed by atoms with Crippen molar-refractivity contribution in [3.05, 3.63) is 34.2 Å². The first-order valence-electron chi connectivity index (χ1n) is 10.7. The van der Waals surface area contributed by atoms with Gasteiger partial charge in [0.05, 0.1) is 18.6 Å². The summed E-state index contributed by atoms with van der Waals surface area (Å²) in [6.45, 7) is 10.8. The van der Waals surface area contributed by atoms with E-state index in [1.165, 1.54) is 10.4 Å². The lowest BCUT2D eigenvalue weighted by Gasteiger charge is -2.17. The number of nitrogens with zero attached hydrogens (tertiary/aromatic N) is 3. The molecule has 0 unspecified atom stereocenters. The molecule has 0 saturated heterocycles. The van der Waals surface area contributed by atoms with Gasteiger partial charge in [-0.3, -0.25) is 4.90 Å². The van der Waals surface area contributed by atoms with Gasteiger partial charge in [0.25, 0.3) is 5.89 Å². The SMILES string of the molecule is CCN(CC)Cc1sc(-c2nc(-c3cc(C)c(OC[C@@H](O)CO)c(OC)c3)no2)cc1C. The van der Waals surface area contributed by atoms with Crippen LogP contribution in [0.1, 0.15) is 29.9 Å². The number of hydrogen-bond donors (Lipinski definition) is 2. The van der Waals surface area contributed by atoms with Crippen molar-refractivity contribution < 1.29 is 24.2 Å². The van der Waals surface area contributed by atoms with Crippen molar-refractivity contribution >= 4 is 11.3 Å². The highest BCUT2D eigenvalue weighted by Crippen LogP contribution is 2.37. The fourth-order valence-corrected chi connectivity index (χ4v) is 4.45. The highest BCUT2D eigenvalue weighted by Gasteiger charge is 2.19. The van der Waals surface area contributed by atoms with Crippen molar-refractivity contribution in [3.8, 4) is 33.7 Å². The molecule has 3 aromatic rings. The first-order valence-corrected chi connectivity index (χ1v) is 11.5. The Bertz CT molecular complexity index is 1030. The average molecular weight is 462 g/mol. The summed E-state index contributed by atoms with van der Waals surface area (Å²) in [7, 11) is 1.54. The number of aromatic nitrogens is 2. The molecule has 0 fully saturated rings. The largest absolute Gasteiger partial charge is 0.493 e. The maximum atomic E-state index is 9.56. The molecule has 2 aromatic heterocycles. The molecule has 1 atom stereocenters. The minimum absolute atomic E-state index is 0.0348. The first kappa shape index (κ1) is 24.2. The van der Waals surface area contributed by atoms with E-state index >= 15 is 0 Å². The molecule has 0 aliphatic carbocycles. The van der Waals surface area contributed by atoms with E-state index in [1.807, 2.05) is 13.0 Å². The summed E-state index contributed by atoms with van der Waals surface area (Å²) in [4.78, 5) is 9.23. The molecule has 2 N–H and O–H groups in total. The summed E-state index contributed by atoms with van der Waals surface area (Å²) in [5, 5.41) is 22.7. The molecule has 174 valence electrons. The maximum Gasteiger partial charge on any atom is 0.268 e. The van der Waals surface area contributed by atoms with Crippen LogP contribution in [-0.2, 0) is 6.54 Å². The number of methoxy groups -OCH3 is 1. The predicted molar refractivity (Wildman–Crippen MR) is 124 cm³/mol. The third-order valence-electron chi connectivity index (χ3n) is 5.27. The van der Waals surface area contributed by atoms with Crippen LogP contribution in [0.15, 0.2) is 22.7 Å². The third kappa shape index (κ3) is 5.47. The Balaban J connectivity index is 1.84. The Morgan fingerprint density at radius 1 is 1.16 bits per heavy atom. The lowest BCUT2D eigenvalue weighted by atomic mass is 10.1. The van der Waals surface area contributed by atoms with Crippen LogP contribution in [0, 0.1) is 13.8 Å². The van der Waals surface area contributed by atoms with Gasteiger partial charge in [-0.1, -0.05) is 19.0 Å². The fraction of sp³-hybridized carbons (Fsp3) is 0.478. The summed E-state index contributed by atoms with van der Waals surface area (Å²) in [6.07, 6.45) is -0.959. The zero-order chi connectivity index (χ0) is 23.3. The van der Waals surface area contributed by atoms with Gasteiger partial charge in [0, 0.05) is 17.0 Å². The van der Waals surface area contributed by atoms with Crippen LogP contribution in [0.3, 0.4) is 0 Å². The molecule has 0 aliphatic heterocycles. The second-order valence-corrected chi connectivity index (χ2v) is 8.71. The molecule has 0 bridgehead atoms. The van der Waals surface area contributed by atoms with E-state index in [0.717, 1.165) is 35.6 Å². The van der Waals surface area contributed by atoms with Gasteiger partial charge in [0.15, 0.2) is 11.5 Å². The van der Waals surface area contributed by atoms with Crippen LogP contribution in [-0.4, -0.2) is 64.8 Å². The lowest BCUT2D eigenvalue weighted by molar-refractivity contribution is 0.0525. The van der Waals surface area contributed by atoms with Gasteiger partial charge in [-0.25, -0.2) is 0 Å². The number of benzene rings is 1. The summed E-state index contributed by atoms with van der Waals surface area (Å²) >= 11 is 1.68. The Hall–Kier alpha value is -2.46. The minimum atomic E-state index is -0.959. The quantitative estimate of drug-likeness (QED) is 0.446. The standard InChI is InChI=1S/C23H31N3O5S/c1-6-26(7-2)11-20-14(3)9-19(32-20)23-24-22(25-31-23)16-8-15(4)21(18(10-16)29-5)30-13-17(28)12-27/h8-10,17,27-28H,6-7,11-13H2,1-5H3/t17-/m0/s1. The molecule has 9 heteroatoms. The number of hydrogen-bond acceptors (Lipinski definition) is 9. The Morgan fingerprint density at radius 3 is 2.56 bits per heavy atom. The molecule has 0 radical (unpaired) electrons. The van der Waals surface area contributed by atoms with Crippen molar-refractivity contribution in [1.82, 2.24) is 15.0 Å². The van der Waals surface area contributed by atoms with Crippen molar-refractivity contribution in [2.24, 2.45) is 0 Å². The zero-order valence-electron chi connectivity index (χ0n) is 19.2. The Kier molecular flexibility index (Phi) is 8.25. The van der Waals surface area contributed by atoms with E-state index < -0.39 is 6.10 Å². The molecule has 0 saturated carbocycles. The molecular weight excluding hydrogens is 430 g/mol. The summed E-state index contributed by atoms with van der Waals surface area (Å²) in [5.74, 6) is 1.94. The van der Waals surface area contributed by atoms with Crippen LogP contribution < -0.4 is 9.47 Å². The van der Waals surface area contributed by atoms with Gasteiger partial charge in [0.2, 0.25) is 5.82 Å². The van der Waals surface area contributed by atoms with E-state index in [1.54, 1.807) is 24.5 Å². The van der Waals surface area contributed by atoms with E-state index in [4.69, 9.17) is 19.1 Å². The summed E-state index contributed by atoms with van der Waals surface area (Å²) in [6, 6.07) is 5.74. The number of ether oxygens (including phenoxy) is 2. The van der Waals surface area contributed by atoms with Crippen LogP contribution in [0.5, 0.6) is 11.5 Å². The van der Waals surface area contributed by atoms with Crippen LogP contribution in [0.2, 0.25) is 0 Å². The van der Waals surface area contributed by atoms with Crippen molar-refractivity contribution in [2.45, 2.75) is 40.3 Å². The minimum Gasteiger partial charge on any atom is -0.493 e. The molecule has 0 aliphatic rings. The average Bonchev–Trinajstić information content (AvgIpc) is 3.42. The van der Waals surface area contributed by atoms with Crippen LogP contribution >= 0.6 is 11.3 Å². The highest BCUT2D eigenvalue weighted by atomic mass is 32.1. The first-order chi connectivity index (χ1) is 15.4. The van der Waals surface area contributed by atoms with Crippen molar-refractivity contribution in [2.75, 3.05) is 33.4 Å². The number of aliphatic hydroxyl groups excluding tert-OH is 2. The van der Waals surface area contributed by atoms with Gasteiger partial charge >= 0.3 is 0 Å². The van der Waals surface area contributed by atoms with Crippen molar-refractivity contribution in [3.63, 3.8) is 0 Å². The molecular formula is C23H31N3O5S. The molecule has 8 nitrogen and oxygen atoms in total. The molecule has 1 aromatic carbocycles. The van der Waals surface area contributed by atoms with E-state index in [0.29, 0.717) is 23.2 Å². The number of thiophene rings is 1.